The molecule has 8 heteroatoms. The van der Waals surface area contributed by atoms with Crippen molar-refractivity contribution in [3.05, 3.63) is 54.6 Å². The summed E-state index contributed by atoms with van der Waals surface area (Å²) in [6.07, 6.45) is 1.64. The monoisotopic (exact) mass is 430 g/mol. The third-order valence-electron chi connectivity index (χ3n) is 4.90. The number of carbonyl (C=O) groups is 1. The lowest BCUT2D eigenvalue weighted by Gasteiger charge is -2.27. The number of rotatable bonds is 6. The van der Waals surface area contributed by atoms with Crippen LogP contribution in [-0.2, 0) is 14.8 Å². The topological polar surface area (TPSA) is 84.9 Å². The van der Waals surface area contributed by atoms with E-state index in [1.165, 1.54) is 13.2 Å². The van der Waals surface area contributed by atoms with Crippen LogP contribution >= 0.6 is 0 Å². The average molecular weight is 431 g/mol. The Morgan fingerprint density at radius 1 is 1.27 bits per heavy atom. The summed E-state index contributed by atoms with van der Waals surface area (Å²) in [7, 11) is -2.29. The Labute approximate surface area is 177 Å². The summed E-state index contributed by atoms with van der Waals surface area (Å²) in [6.45, 7) is 9.57. The largest absolute Gasteiger partial charge is 0.497 e. The van der Waals surface area contributed by atoms with Gasteiger partial charge >= 0.3 is 0 Å². The van der Waals surface area contributed by atoms with Crippen LogP contribution in [0.1, 0.15) is 19.4 Å². The molecule has 0 unspecified atom stereocenters. The number of nitrogens with zero attached hydrogens (tertiary/aromatic N) is 1. The molecule has 7 nitrogen and oxygen atoms in total. The number of fused-ring (bicyclic) bond motifs is 1. The van der Waals surface area contributed by atoms with E-state index in [0.717, 1.165) is 0 Å². The predicted octanol–water partition coefficient (Wildman–Crippen LogP) is 3.74. The second-order valence-electron chi connectivity index (χ2n) is 7.80. The molecule has 2 aromatic rings. The highest BCUT2D eigenvalue weighted by Gasteiger charge is 2.37. The molecular weight excluding hydrogens is 404 g/mol. The Morgan fingerprint density at radius 2 is 2.00 bits per heavy atom. The van der Waals surface area contributed by atoms with Gasteiger partial charge in [0.25, 0.3) is 10.0 Å². The van der Waals surface area contributed by atoms with E-state index >= 15 is 0 Å². The number of aryl methyl sites for hydroxylation is 1. The minimum atomic E-state index is -3.82. The zero-order valence-corrected chi connectivity index (χ0v) is 18.4. The summed E-state index contributed by atoms with van der Waals surface area (Å²) in [5.74, 6) is 0.935. The molecule has 0 radical (unpaired) electrons. The van der Waals surface area contributed by atoms with Crippen molar-refractivity contribution in [2.24, 2.45) is 5.41 Å². The van der Waals surface area contributed by atoms with E-state index in [1.807, 2.05) is 13.8 Å². The Bertz CT molecular complexity index is 1090. The number of carbonyl (C=O) groups excluding carboxylic acids is 1. The third-order valence-corrected chi connectivity index (χ3v) is 6.44. The van der Waals surface area contributed by atoms with Crippen LogP contribution in [-0.4, -0.2) is 34.6 Å². The van der Waals surface area contributed by atoms with E-state index in [2.05, 4.69) is 11.3 Å². The van der Waals surface area contributed by atoms with Crippen molar-refractivity contribution in [1.29, 1.82) is 0 Å². The van der Waals surface area contributed by atoms with Gasteiger partial charge in [-0.25, -0.2) is 8.42 Å². The highest BCUT2D eigenvalue weighted by atomic mass is 32.2. The van der Waals surface area contributed by atoms with Gasteiger partial charge in [-0.05, 0) is 56.7 Å². The number of amides is 1. The fourth-order valence-electron chi connectivity index (χ4n) is 3.28. The molecule has 0 aliphatic carbocycles. The molecule has 1 heterocycles. The molecule has 160 valence electrons. The number of hydrogen-bond donors (Lipinski definition) is 1. The quantitative estimate of drug-likeness (QED) is 0.706. The highest BCUT2D eigenvalue weighted by molar-refractivity contribution is 7.92. The van der Waals surface area contributed by atoms with Crippen molar-refractivity contribution < 1.29 is 22.7 Å². The highest BCUT2D eigenvalue weighted by Crippen LogP contribution is 2.38. The molecule has 0 aromatic heterocycles. The van der Waals surface area contributed by atoms with Gasteiger partial charge in [-0.1, -0.05) is 6.08 Å². The van der Waals surface area contributed by atoms with Crippen LogP contribution in [0.5, 0.6) is 11.5 Å². The third kappa shape index (κ3) is 4.14. The molecule has 30 heavy (non-hydrogen) atoms. The summed E-state index contributed by atoms with van der Waals surface area (Å²) in [4.78, 5) is 14.6. The number of benzene rings is 2. The van der Waals surface area contributed by atoms with Gasteiger partial charge in [-0.2, -0.15) is 0 Å². The molecule has 3 rings (SSSR count). The predicted molar refractivity (Wildman–Crippen MR) is 117 cm³/mol. The standard InChI is InChI=1S/C22H26N2O5S/c1-6-11-24-18-9-7-16(13-19(18)29-14-22(3,4)21(24)25)23-30(26,27)20-10-8-17(28-5)12-15(20)2/h6-10,12-13,23H,1,11,14H2,2-5H3. The molecule has 1 amide bonds. The lowest BCUT2D eigenvalue weighted by Crippen LogP contribution is -2.42. The van der Waals surface area contributed by atoms with Crippen LogP contribution < -0.4 is 19.1 Å². The zero-order valence-electron chi connectivity index (χ0n) is 17.6. The fourth-order valence-corrected chi connectivity index (χ4v) is 4.56. The maximum absolute atomic E-state index is 12.9. The molecular formula is C22H26N2O5S. The van der Waals surface area contributed by atoms with Crippen LogP contribution in [0, 0.1) is 12.3 Å². The second-order valence-corrected chi connectivity index (χ2v) is 9.45. The van der Waals surface area contributed by atoms with Gasteiger partial charge < -0.3 is 14.4 Å². The first-order chi connectivity index (χ1) is 14.1. The van der Waals surface area contributed by atoms with Crippen molar-refractivity contribution >= 4 is 27.3 Å². The van der Waals surface area contributed by atoms with Gasteiger partial charge in [-0.3, -0.25) is 9.52 Å². The molecule has 0 fully saturated rings. The Balaban J connectivity index is 1.96. The van der Waals surface area contributed by atoms with E-state index < -0.39 is 15.4 Å². The van der Waals surface area contributed by atoms with E-state index in [9.17, 15) is 13.2 Å². The molecule has 1 aliphatic rings. The molecule has 2 aromatic carbocycles. The second kappa shape index (κ2) is 8.02. The van der Waals surface area contributed by atoms with Crippen molar-refractivity contribution in [2.75, 3.05) is 29.9 Å². The van der Waals surface area contributed by atoms with Crippen molar-refractivity contribution in [3.63, 3.8) is 0 Å². The van der Waals surface area contributed by atoms with Crippen LogP contribution in [0.2, 0.25) is 0 Å². The summed E-state index contributed by atoms with van der Waals surface area (Å²) in [6, 6.07) is 9.65. The lowest BCUT2D eigenvalue weighted by molar-refractivity contribution is -0.127. The van der Waals surface area contributed by atoms with E-state index in [4.69, 9.17) is 9.47 Å². The van der Waals surface area contributed by atoms with Gasteiger partial charge in [0.15, 0.2) is 0 Å². The molecule has 1 N–H and O–H groups in total. The summed E-state index contributed by atoms with van der Waals surface area (Å²) in [5.41, 5.74) is 0.767. The van der Waals surface area contributed by atoms with E-state index in [0.29, 0.717) is 35.0 Å². The molecule has 0 saturated heterocycles. The number of sulfonamides is 1. The molecule has 0 bridgehead atoms. The van der Waals surface area contributed by atoms with Crippen LogP contribution in [0.15, 0.2) is 53.9 Å². The van der Waals surface area contributed by atoms with Gasteiger partial charge in [0.05, 0.1) is 28.8 Å². The molecule has 0 spiro atoms. The van der Waals surface area contributed by atoms with Crippen molar-refractivity contribution in [2.45, 2.75) is 25.7 Å². The normalized spacial score (nSPS) is 15.6. The van der Waals surface area contributed by atoms with Crippen LogP contribution in [0.25, 0.3) is 0 Å². The Morgan fingerprint density at radius 3 is 2.63 bits per heavy atom. The number of ether oxygens (including phenoxy) is 2. The summed E-state index contributed by atoms with van der Waals surface area (Å²) >= 11 is 0. The Kier molecular flexibility index (Phi) is 5.81. The minimum absolute atomic E-state index is 0.0802. The lowest BCUT2D eigenvalue weighted by atomic mass is 9.93. The summed E-state index contributed by atoms with van der Waals surface area (Å²) in [5, 5.41) is 0. The Hall–Kier alpha value is -3.00. The number of anilines is 2. The van der Waals surface area contributed by atoms with Gasteiger partial charge in [0.1, 0.15) is 18.1 Å². The number of methoxy groups -OCH3 is 1. The van der Waals surface area contributed by atoms with E-state index in [1.54, 1.807) is 48.2 Å². The van der Waals surface area contributed by atoms with Crippen molar-refractivity contribution in [3.8, 4) is 11.5 Å². The summed E-state index contributed by atoms with van der Waals surface area (Å²) < 4.78 is 39.4. The van der Waals surface area contributed by atoms with Gasteiger partial charge in [0.2, 0.25) is 5.91 Å². The number of nitrogens with one attached hydrogen (secondary N) is 1. The average Bonchev–Trinajstić information content (AvgIpc) is 2.78. The molecule has 1 aliphatic heterocycles. The first-order valence-electron chi connectivity index (χ1n) is 9.46. The van der Waals surface area contributed by atoms with Gasteiger partial charge in [0, 0.05) is 12.6 Å². The maximum Gasteiger partial charge on any atom is 0.262 e. The fraction of sp³-hybridized carbons (Fsp3) is 0.318. The van der Waals surface area contributed by atoms with Crippen LogP contribution in [0.3, 0.4) is 0 Å². The zero-order chi connectivity index (χ0) is 22.1. The first-order valence-corrected chi connectivity index (χ1v) is 10.9. The maximum atomic E-state index is 12.9. The molecule has 0 saturated carbocycles. The minimum Gasteiger partial charge on any atom is -0.497 e. The SMILES string of the molecule is C=CCN1C(=O)C(C)(C)COc2cc(NS(=O)(=O)c3ccc(OC)cc3C)ccc21. The number of hydrogen-bond acceptors (Lipinski definition) is 5. The van der Waals surface area contributed by atoms with Crippen LogP contribution in [0.4, 0.5) is 11.4 Å². The van der Waals surface area contributed by atoms with Crippen molar-refractivity contribution in [1.82, 2.24) is 0 Å². The molecule has 0 atom stereocenters. The van der Waals surface area contributed by atoms with Gasteiger partial charge in [-0.15, -0.1) is 6.58 Å². The first kappa shape index (κ1) is 21.7. The smallest absolute Gasteiger partial charge is 0.262 e. The van der Waals surface area contributed by atoms with E-state index in [-0.39, 0.29) is 17.4 Å².